The lowest BCUT2D eigenvalue weighted by Gasteiger charge is -1.92. The number of hydrogen-bond acceptors (Lipinski definition) is 1. The standard InChI is InChI=1S/C6H11N3/c1-4-8-6(7-3)9-5-2/h4-5H,1H2,2-3H3,(H,7,8)/b9-5-. The van der Waals surface area contributed by atoms with Crippen LogP contribution >= 0.6 is 0 Å². The van der Waals surface area contributed by atoms with Crippen LogP contribution in [0.2, 0.25) is 0 Å². The quantitative estimate of drug-likeness (QED) is 0.408. The normalized spacial score (nSPS) is 12.0. The monoisotopic (exact) mass is 125 g/mol. The van der Waals surface area contributed by atoms with Crippen molar-refractivity contribution in [3.05, 3.63) is 12.8 Å². The molecule has 0 rings (SSSR count). The SMILES string of the molecule is C=C/N=C(\N=C/C)NC. The fourth-order valence-electron chi connectivity index (χ4n) is 0.371. The molecular formula is C6H11N3. The zero-order valence-corrected chi connectivity index (χ0v) is 5.76. The van der Waals surface area contributed by atoms with Gasteiger partial charge in [-0.15, -0.1) is 0 Å². The van der Waals surface area contributed by atoms with Crippen LogP contribution < -0.4 is 5.32 Å². The molecule has 0 heterocycles. The van der Waals surface area contributed by atoms with Crippen LogP contribution in [0.1, 0.15) is 6.92 Å². The summed E-state index contributed by atoms with van der Waals surface area (Å²) in [7, 11) is 1.76. The summed E-state index contributed by atoms with van der Waals surface area (Å²) >= 11 is 0. The minimum absolute atomic E-state index is 0.576. The van der Waals surface area contributed by atoms with E-state index in [1.165, 1.54) is 6.20 Å². The molecule has 3 nitrogen and oxygen atoms in total. The van der Waals surface area contributed by atoms with Crippen LogP contribution in [0.3, 0.4) is 0 Å². The van der Waals surface area contributed by atoms with E-state index in [4.69, 9.17) is 0 Å². The molecule has 0 bridgehead atoms. The lowest BCUT2D eigenvalue weighted by Crippen LogP contribution is -2.14. The van der Waals surface area contributed by atoms with E-state index in [0.717, 1.165) is 0 Å². The largest absolute Gasteiger partial charge is 0.357 e. The first kappa shape index (κ1) is 7.88. The van der Waals surface area contributed by atoms with E-state index in [2.05, 4.69) is 21.9 Å². The third-order valence-corrected chi connectivity index (χ3v) is 0.689. The highest BCUT2D eigenvalue weighted by Gasteiger charge is 1.82. The molecule has 0 amide bonds. The number of nitrogens with zero attached hydrogens (tertiary/aromatic N) is 2. The maximum Gasteiger partial charge on any atom is 0.221 e. The summed E-state index contributed by atoms with van der Waals surface area (Å²) in [4.78, 5) is 7.68. The van der Waals surface area contributed by atoms with E-state index in [9.17, 15) is 0 Å². The van der Waals surface area contributed by atoms with Crippen molar-refractivity contribution in [2.45, 2.75) is 6.92 Å². The molecule has 0 atom stereocenters. The van der Waals surface area contributed by atoms with Gasteiger partial charge < -0.3 is 5.32 Å². The van der Waals surface area contributed by atoms with Gasteiger partial charge in [-0.25, -0.2) is 9.98 Å². The van der Waals surface area contributed by atoms with Crippen LogP contribution in [-0.4, -0.2) is 19.2 Å². The van der Waals surface area contributed by atoms with Gasteiger partial charge in [0, 0.05) is 19.5 Å². The zero-order chi connectivity index (χ0) is 7.11. The fourth-order valence-corrected chi connectivity index (χ4v) is 0.371. The summed E-state index contributed by atoms with van der Waals surface area (Å²) in [6.45, 7) is 5.26. The Kier molecular flexibility index (Phi) is 4.40. The second-order valence-electron chi connectivity index (χ2n) is 1.27. The molecule has 0 radical (unpaired) electrons. The van der Waals surface area contributed by atoms with Crippen molar-refractivity contribution >= 4 is 12.2 Å². The molecule has 0 spiro atoms. The molecule has 50 valence electrons. The van der Waals surface area contributed by atoms with Gasteiger partial charge in [0.2, 0.25) is 5.96 Å². The van der Waals surface area contributed by atoms with Crippen molar-refractivity contribution in [2.24, 2.45) is 9.98 Å². The van der Waals surface area contributed by atoms with Crippen molar-refractivity contribution in [1.82, 2.24) is 5.32 Å². The highest BCUT2D eigenvalue weighted by Crippen LogP contribution is 1.74. The van der Waals surface area contributed by atoms with Crippen molar-refractivity contribution in [1.29, 1.82) is 0 Å². The van der Waals surface area contributed by atoms with Gasteiger partial charge in [-0.05, 0) is 6.92 Å². The molecule has 0 aromatic carbocycles. The lowest BCUT2D eigenvalue weighted by molar-refractivity contribution is 1.14. The molecule has 1 N–H and O–H groups in total. The van der Waals surface area contributed by atoms with Crippen LogP contribution in [-0.2, 0) is 0 Å². The topological polar surface area (TPSA) is 36.8 Å². The van der Waals surface area contributed by atoms with Crippen LogP contribution in [0.5, 0.6) is 0 Å². The maximum atomic E-state index is 3.88. The summed E-state index contributed by atoms with van der Waals surface area (Å²) in [5.74, 6) is 0.576. The smallest absolute Gasteiger partial charge is 0.221 e. The Bertz CT molecular complexity index is 135. The Labute approximate surface area is 55.2 Å². The van der Waals surface area contributed by atoms with Gasteiger partial charge >= 0.3 is 0 Å². The molecule has 0 saturated carbocycles. The summed E-state index contributed by atoms with van der Waals surface area (Å²) in [5, 5.41) is 2.78. The Balaban J connectivity index is 3.96. The zero-order valence-electron chi connectivity index (χ0n) is 5.76. The summed E-state index contributed by atoms with van der Waals surface area (Å²) in [5.41, 5.74) is 0. The van der Waals surface area contributed by atoms with Crippen molar-refractivity contribution in [3.63, 3.8) is 0 Å². The van der Waals surface area contributed by atoms with Gasteiger partial charge in [-0.2, -0.15) is 0 Å². The number of nitrogens with one attached hydrogen (secondary N) is 1. The van der Waals surface area contributed by atoms with Crippen LogP contribution in [0, 0.1) is 0 Å². The molecule has 0 aromatic rings. The highest BCUT2D eigenvalue weighted by molar-refractivity contribution is 5.87. The van der Waals surface area contributed by atoms with E-state index in [1.807, 2.05) is 6.92 Å². The predicted molar refractivity (Wildman–Crippen MR) is 40.9 cm³/mol. The van der Waals surface area contributed by atoms with Crippen molar-refractivity contribution in [2.75, 3.05) is 7.05 Å². The van der Waals surface area contributed by atoms with Gasteiger partial charge in [0.05, 0.1) is 0 Å². The average Bonchev–Trinajstić information content (AvgIpc) is 1.88. The summed E-state index contributed by atoms with van der Waals surface area (Å²) in [6.07, 6.45) is 3.11. The molecule has 0 aliphatic rings. The molecule has 0 aromatic heterocycles. The first-order valence-corrected chi connectivity index (χ1v) is 2.70. The van der Waals surface area contributed by atoms with Crippen LogP contribution in [0.4, 0.5) is 0 Å². The van der Waals surface area contributed by atoms with Gasteiger partial charge in [-0.3, -0.25) is 0 Å². The van der Waals surface area contributed by atoms with Gasteiger partial charge in [0.15, 0.2) is 0 Å². The van der Waals surface area contributed by atoms with Crippen molar-refractivity contribution < 1.29 is 0 Å². The Hall–Kier alpha value is -1.12. The van der Waals surface area contributed by atoms with Gasteiger partial charge in [-0.1, -0.05) is 6.58 Å². The molecule has 3 heteroatoms. The Morgan fingerprint density at radius 2 is 2.33 bits per heavy atom. The first-order valence-electron chi connectivity index (χ1n) is 2.70. The molecule has 0 fully saturated rings. The van der Waals surface area contributed by atoms with E-state index >= 15 is 0 Å². The molecule has 0 unspecified atom stereocenters. The Morgan fingerprint density at radius 3 is 2.67 bits per heavy atom. The number of hydrogen-bond donors (Lipinski definition) is 1. The number of guanidine groups is 1. The third-order valence-electron chi connectivity index (χ3n) is 0.689. The molecule has 0 aliphatic carbocycles. The summed E-state index contributed by atoms with van der Waals surface area (Å²) < 4.78 is 0. The predicted octanol–water partition coefficient (Wildman–Crippen LogP) is 0.796. The molecule has 9 heavy (non-hydrogen) atoms. The highest BCUT2D eigenvalue weighted by atomic mass is 15.1. The van der Waals surface area contributed by atoms with Crippen LogP contribution in [0.15, 0.2) is 22.8 Å². The van der Waals surface area contributed by atoms with Crippen LogP contribution in [0.25, 0.3) is 0 Å². The van der Waals surface area contributed by atoms with Gasteiger partial charge in [0.1, 0.15) is 0 Å². The number of aliphatic imine (C=N–C) groups is 2. The molecular weight excluding hydrogens is 114 g/mol. The van der Waals surface area contributed by atoms with E-state index in [-0.39, 0.29) is 0 Å². The summed E-state index contributed by atoms with van der Waals surface area (Å²) in [6, 6.07) is 0. The third kappa shape index (κ3) is 3.46. The maximum absolute atomic E-state index is 3.88. The lowest BCUT2D eigenvalue weighted by atomic mass is 10.8. The minimum Gasteiger partial charge on any atom is -0.357 e. The number of rotatable bonds is 1. The average molecular weight is 125 g/mol. The second kappa shape index (κ2) is 5.03. The molecule has 0 aliphatic heterocycles. The van der Waals surface area contributed by atoms with Crippen molar-refractivity contribution in [3.8, 4) is 0 Å². The second-order valence-corrected chi connectivity index (χ2v) is 1.27. The molecule has 0 saturated heterocycles. The fraction of sp³-hybridized carbons (Fsp3) is 0.333. The van der Waals surface area contributed by atoms with E-state index < -0.39 is 0 Å². The van der Waals surface area contributed by atoms with E-state index in [1.54, 1.807) is 13.3 Å². The van der Waals surface area contributed by atoms with Gasteiger partial charge in [0.25, 0.3) is 0 Å². The van der Waals surface area contributed by atoms with E-state index in [0.29, 0.717) is 5.96 Å². The minimum atomic E-state index is 0.576. The Morgan fingerprint density at radius 1 is 1.67 bits per heavy atom. The first-order chi connectivity index (χ1) is 4.35.